The number of para-hydroxylation sites is 2. The molecule has 146 valence electrons. The van der Waals surface area contributed by atoms with Crippen molar-refractivity contribution in [1.82, 2.24) is 15.3 Å². The van der Waals surface area contributed by atoms with Gasteiger partial charge in [-0.1, -0.05) is 31.2 Å². The number of aromatic nitrogens is 2. The lowest BCUT2D eigenvalue weighted by molar-refractivity contribution is -0.124. The smallest absolute Gasteiger partial charge is 0.224 e. The Morgan fingerprint density at radius 3 is 2.68 bits per heavy atom. The highest BCUT2D eigenvalue weighted by Gasteiger charge is 2.08. The molecule has 0 atom stereocenters. The molecular formula is C22H26N4O2. The highest BCUT2D eigenvalue weighted by molar-refractivity contribution is 5.93. The van der Waals surface area contributed by atoms with Gasteiger partial charge in [-0.15, -0.1) is 0 Å². The number of carbonyl (C=O) groups excluding carboxylic acids is 2. The summed E-state index contributed by atoms with van der Waals surface area (Å²) in [5, 5.41) is 5.71. The van der Waals surface area contributed by atoms with E-state index >= 15 is 0 Å². The van der Waals surface area contributed by atoms with Gasteiger partial charge in [-0.2, -0.15) is 0 Å². The molecule has 0 fully saturated rings. The molecule has 0 saturated heterocycles. The van der Waals surface area contributed by atoms with E-state index in [0.29, 0.717) is 6.54 Å². The Hall–Kier alpha value is -3.15. The molecule has 28 heavy (non-hydrogen) atoms. The number of carbonyl (C=O) groups is 2. The number of H-pyrrole nitrogens is 1. The molecule has 0 saturated carbocycles. The molecule has 0 aliphatic rings. The lowest BCUT2D eigenvalue weighted by Gasteiger charge is -2.07. The highest BCUT2D eigenvalue weighted by atomic mass is 16.2. The van der Waals surface area contributed by atoms with Crippen LogP contribution < -0.4 is 10.6 Å². The Kier molecular flexibility index (Phi) is 6.78. The van der Waals surface area contributed by atoms with Gasteiger partial charge in [0.15, 0.2) is 0 Å². The molecule has 0 unspecified atom stereocenters. The third-order valence-electron chi connectivity index (χ3n) is 4.55. The van der Waals surface area contributed by atoms with E-state index in [1.54, 1.807) is 0 Å². The van der Waals surface area contributed by atoms with Gasteiger partial charge in [0, 0.05) is 31.5 Å². The van der Waals surface area contributed by atoms with Gasteiger partial charge in [-0.3, -0.25) is 9.59 Å². The van der Waals surface area contributed by atoms with Gasteiger partial charge in [-0.05, 0) is 42.7 Å². The number of nitrogens with zero attached hydrogens (tertiary/aromatic N) is 1. The van der Waals surface area contributed by atoms with Crippen LogP contribution in [0.25, 0.3) is 11.0 Å². The van der Waals surface area contributed by atoms with Crippen LogP contribution >= 0.6 is 0 Å². The van der Waals surface area contributed by atoms with Gasteiger partial charge in [0.2, 0.25) is 11.8 Å². The Bertz CT molecular complexity index is 915. The molecule has 3 aromatic rings. The van der Waals surface area contributed by atoms with E-state index in [9.17, 15) is 9.59 Å². The largest absolute Gasteiger partial charge is 0.356 e. The van der Waals surface area contributed by atoms with Crippen molar-refractivity contribution < 1.29 is 9.59 Å². The van der Waals surface area contributed by atoms with E-state index in [2.05, 4.69) is 27.5 Å². The fourth-order valence-corrected chi connectivity index (χ4v) is 3.02. The maximum absolute atomic E-state index is 12.0. The summed E-state index contributed by atoms with van der Waals surface area (Å²) in [6.45, 7) is 2.63. The average Bonchev–Trinajstić information content (AvgIpc) is 3.12. The first-order chi connectivity index (χ1) is 13.6. The third-order valence-corrected chi connectivity index (χ3v) is 4.55. The number of amides is 2. The molecule has 2 amide bonds. The minimum atomic E-state index is -0.148. The molecular weight excluding hydrogens is 352 g/mol. The highest BCUT2D eigenvalue weighted by Crippen LogP contribution is 2.12. The predicted molar refractivity (Wildman–Crippen MR) is 111 cm³/mol. The first-order valence-corrected chi connectivity index (χ1v) is 9.73. The maximum Gasteiger partial charge on any atom is 0.224 e. The Balaban J connectivity index is 1.33. The zero-order valence-electron chi connectivity index (χ0n) is 16.1. The van der Waals surface area contributed by atoms with Crippen molar-refractivity contribution in [3.8, 4) is 0 Å². The lowest BCUT2D eigenvalue weighted by Crippen LogP contribution is -2.26. The molecule has 2 aromatic carbocycles. The second kappa shape index (κ2) is 9.69. The Labute approximate surface area is 164 Å². The topological polar surface area (TPSA) is 86.9 Å². The summed E-state index contributed by atoms with van der Waals surface area (Å²) >= 11 is 0. The standard InChI is InChI=1S/C22H26N4O2/c1-2-16-7-5-8-17(15-16)24-22(28)13-12-21(27)23-14-6-11-20-25-18-9-3-4-10-19(18)26-20/h3-5,7-10,15H,2,6,11-14H2,1H3,(H,23,27)(H,24,28)(H,25,26). The molecule has 3 N–H and O–H groups in total. The van der Waals surface area contributed by atoms with Crippen molar-refractivity contribution in [3.05, 3.63) is 59.9 Å². The van der Waals surface area contributed by atoms with E-state index in [1.807, 2.05) is 48.5 Å². The second-order valence-electron chi connectivity index (χ2n) is 6.76. The molecule has 1 heterocycles. The number of nitrogens with one attached hydrogen (secondary N) is 3. The maximum atomic E-state index is 12.0. The summed E-state index contributed by atoms with van der Waals surface area (Å²) in [7, 11) is 0. The molecule has 0 aliphatic carbocycles. The Morgan fingerprint density at radius 1 is 1.04 bits per heavy atom. The molecule has 0 spiro atoms. The normalized spacial score (nSPS) is 10.8. The van der Waals surface area contributed by atoms with Crippen LogP contribution in [0.1, 0.15) is 37.6 Å². The summed E-state index contributed by atoms with van der Waals surface area (Å²) in [5.41, 5.74) is 3.92. The number of rotatable bonds is 9. The summed E-state index contributed by atoms with van der Waals surface area (Å²) in [5.74, 6) is 0.664. The zero-order valence-corrected chi connectivity index (χ0v) is 16.1. The van der Waals surface area contributed by atoms with Gasteiger partial charge < -0.3 is 15.6 Å². The van der Waals surface area contributed by atoms with Crippen LogP contribution in [-0.2, 0) is 22.4 Å². The van der Waals surface area contributed by atoms with E-state index in [0.717, 1.165) is 41.8 Å². The van der Waals surface area contributed by atoms with Crippen LogP contribution in [0.4, 0.5) is 5.69 Å². The van der Waals surface area contributed by atoms with Crippen LogP contribution in [0.3, 0.4) is 0 Å². The summed E-state index contributed by atoms with van der Waals surface area (Å²) in [4.78, 5) is 31.7. The third kappa shape index (κ3) is 5.67. The van der Waals surface area contributed by atoms with E-state index in [-0.39, 0.29) is 24.7 Å². The fraction of sp³-hybridized carbons (Fsp3) is 0.318. The first kappa shape index (κ1) is 19.6. The van der Waals surface area contributed by atoms with Crippen molar-refractivity contribution in [2.75, 3.05) is 11.9 Å². The summed E-state index contributed by atoms with van der Waals surface area (Å²) in [6.07, 6.45) is 2.83. The van der Waals surface area contributed by atoms with Crippen molar-refractivity contribution in [3.63, 3.8) is 0 Å². The van der Waals surface area contributed by atoms with Crippen LogP contribution in [0.15, 0.2) is 48.5 Å². The number of fused-ring (bicyclic) bond motifs is 1. The molecule has 0 radical (unpaired) electrons. The number of hydrogen-bond donors (Lipinski definition) is 3. The zero-order chi connectivity index (χ0) is 19.8. The number of aromatic amines is 1. The monoisotopic (exact) mass is 378 g/mol. The molecule has 6 heteroatoms. The molecule has 0 bridgehead atoms. The van der Waals surface area contributed by atoms with Gasteiger partial charge in [0.1, 0.15) is 5.82 Å². The van der Waals surface area contributed by atoms with Gasteiger partial charge >= 0.3 is 0 Å². The quantitative estimate of drug-likeness (QED) is 0.497. The fourth-order valence-electron chi connectivity index (χ4n) is 3.02. The number of imidazole rings is 1. The van der Waals surface area contributed by atoms with Crippen molar-refractivity contribution >= 4 is 28.5 Å². The van der Waals surface area contributed by atoms with E-state index in [1.165, 1.54) is 5.56 Å². The van der Waals surface area contributed by atoms with Crippen LogP contribution in [0.5, 0.6) is 0 Å². The molecule has 6 nitrogen and oxygen atoms in total. The number of benzene rings is 2. The minimum Gasteiger partial charge on any atom is -0.356 e. The average molecular weight is 378 g/mol. The van der Waals surface area contributed by atoms with Gasteiger partial charge in [0.05, 0.1) is 11.0 Å². The summed E-state index contributed by atoms with van der Waals surface area (Å²) < 4.78 is 0. The van der Waals surface area contributed by atoms with Crippen LogP contribution in [0, 0.1) is 0 Å². The van der Waals surface area contributed by atoms with Crippen molar-refractivity contribution in [2.24, 2.45) is 0 Å². The van der Waals surface area contributed by atoms with Crippen molar-refractivity contribution in [2.45, 2.75) is 39.0 Å². The number of aryl methyl sites for hydroxylation is 2. The first-order valence-electron chi connectivity index (χ1n) is 9.73. The lowest BCUT2D eigenvalue weighted by atomic mass is 10.1. The SMILES string of the molecule is CCc1cccc(NC(=O)CCC(=O)NCCCc2nc3ccccc3[nH]2)c1. The van der Waals surface area contributed by atoms with E-state index < -0.39 is 0 Å². The predicted octanol–water partition coefficient (Wildman–Crippen LogP) is 3.59. The van der Waals surface area contributed by atoms with Gasteiger partial charge in [-0.25, -0.2) is 4.98 Å². The second-order valence-corrected chi connectivity index (χ2v) is 6.76. The summed E-state index contributed by atoms with van der Waals surface area (Å²) in [6, 6.07) is 15.7. The number of hydrogen-bond acceptors (Lipinski definition) is 3. The Morgan fingerprint density at radius 2 is 1.86 bits per heavy atom. The molecule has 0 aliphatic heterocycles. The van der Waals surface area contributed by atoms with E-state index in [4.69, 9.17) is 0 Å². The van der Waals surface area contributed by atoms with Gasteiger partial charge in [0.25, 0.3) is 0 Å². The number of anilines is 1. The van der Waals surface area contributed by atoms with Crippen LogP contribution in [0.2, 0.25) is 0 Å². The van der Waals surface area contributed by atoms with Crippen molar-refractivity contribution in [1.29, 1.82) is 0 Å². The molecule has 3 rings (SSSR count). The van der Waals surface area contributed by atoms with Crippen LogP contribution in [-0.4, -0.2) is 28.3 Å². The molecule has 1 aromatic heterocycles. The minimum absolute atomic E-state index is 0.109.